The van der Waals surface area contributed by atoms with Crippen LogP contribution >= 0.6 is 0 Å². The molecule has 0 radical (unpaired) electrons. The Labute approximate surface area is 165 Å². The molecule has 0 saturated heterocycles. The molecule has 0 aliphatic heterocycles. The molecule has 152 valence electrons. The third-order valence-electron chi connectivity index (χ3n) is 7.58. The van der Waals surface area contributed by atoms with Crippen molar-refractivity contribution < 1.29 is 15.0 Å². The van der Waals surface area contributed by atoms with Gasteiger partial charge >= 0.3 is 0 Å². The quantitative estimate of drug-likeness (QED) is 0.504. The van der Waals surface area contributed by atoms with Gasteiger partial charge in [-0.2, -0.15) is 0 Å². The molecule has 0 aromatic rings. The molecule has 0 aromatic carbocycles. The first-order chi connectivity index (χ1) is 13.1. The molecule has 3 heteroatoms. The summed E-state index contributed by atoms with van der Waals surface area (Å²) in [4.78, 5) is 12.5. The zero-order chi connectivity index (χ0) is 19.3. The van der Waals surface area contributed by atoms with Crippen LogP contribution in [0.3, 0.4) is 0 Å². The first kappa shape index (κ1) is 20.9. The van der Waals surface area contributed by atoms with E-state index in [1.54, 1.807) is 0 Å². The zero-order valence-electron chi connectivity index (χ0n) is 17.1. The molecule has 0 unspecified atom stereocenters. The van der Waals surface area contributed by atoms with Crippen LogP contribution in [0.4, 0.5) is 0 Å². The Hall–Kier alpha value is -0.850. The van der Waals surface area contributed by atoms with Crippen LogP contribution in [0.1, 0.15) is 96.8 Å². The Morgan fingerprint density at radius 2 is 1.93 bits per heavy atom. The number of aliphatic hydroxyl groups excluding tert-OH is 2. The van der Waals surface area contributed by atoms with Gasteiger partial charge in [-0.25, -0.2) is 0 Å². The summed E-state index contributed by atoms with van der Waals surface area (Å²) in [6.45, 7) is 2.21. The van der Waals surface area contributed by atoms with Crippen LogP contribution in [0.2, 0.25) is 0 Å². The Balaban J connectivity index is 1.60. The highest BCUT2D eigenvalue weighted by atomic mass is 16.3. The van der Waals surface area contributed by atoms with Crippen LogP contribution in [0.5, 0.6) is 0 Å². The molecule has 0 heterocycles. The second-order valence-corrected chi connectivity index (χ2v) is 9.38. The first-order valence-corrected chi connectivity index (χ1v) is 11.5. The van der Waals surface area contributed by atoms with Crippen LogP contribution in [-0.4, -0.2) is 28.2 Å². The minimum atomic E-state index is -0.586. The maximum absolute atomic E-state index is 12.5. The Morgan fingerprint density at radius 3 is 2.63 bits per heavy atom. The fraction of sp³-hybridized carbons (Fsp3) is 0.875. The van der Waals surface area contributed by atoms with E-state index >= 15 is 0 Å². The van der Waals surface area contributed by atoms with Crippen molar-refractivity contribution in [2.75, 3.05) is 0 Å². The zero-order valence-corrected chi connectivity index (χ0v) is 17.1. The number of fused-ring (bicyclic) bond motifs is 1. The van der Waals surface area contributed by atoms with Gasteiger partial charge in [0.1, 0.15) is 11.9 Å². The van der Waals surface area contributed by atoms with Gasteiger partial charge in [-0.1, -0.05) is 76.6 Å². The van der Waals surface area contributed by atoms with Crippen molar-refractivity contribution in [1.82, 2.24) is 0 Å². The minimum absolute atomic E-state index is 0.136. The predicted molar refractivity (Wildman–Crippen MR) is 108 cm³/mol. The summed E-state index contributed by atoms with van der Waals surface area (Å²) < 4.78 is 0. The highest BCUT2D eigenvalue weighted by molar-refractivity contribution is 5.92. The number of hydrogen-bond acceptors (Lipinski definition) is 3. The van der Waals surface area contributed by atoms with E-state index in [1.165, 1.54) is 51.4 Å². The van der Waals surface area contributed by atoms with Gasteiger partial charge in [0.15, 0.2) is 0 Å². The average Bonchev–Trinajstić information content (AvgIpc) is 2.66. The summed E-state index contributed by atoms with van der Waals surface area (Å²) in [5.41, 5.74) is -0.222. The molecular formula is C24H38O3. The van der Waals surface area contributed by atoms with E-state index in [0.717, 1.165) is 25.7 Å². The molecule has 0 bridgehead atoms. The number of hydrogen-bond donors (Lipinski definition) is 2. The number of Topliss-reactive ketones (excluding diaryl/α,β-unsaturated/α-hetero) is 1. The Morgan fingerprint density at radius 1 is 1.15 bits per heavy atom. The summed E-state index contributed by atoms with van der Waals surface area (Å²) in [5.74, 6) is 7.35. The standard InChI is InChI=1S/C24H38O3/c1-2-3-4-8-14-24-15-13-22(26)20(21(24)17-23(24)27)12-11-19(25)16-18-9-6-5-7-10-18/h18-22,25-26H,2-10,13-17H2,1H3/t19-,20+,21+,22+,24-/m1/s1. The molecular weight excluding hydrogens is 336 g/mol. The monoisotopic (exact) mass is 374 g/mol. The summed E-state index contributed by atoms with van der Waals surface area (Å²) in [7, 11) is 0. The number of ketones is 1. The molecule has 3 aliphatic carbocycles. The normalized spacial score (nSPS) is 34.9. The predicted octanol–water partition coefficient (Wildman–Crippen LogP) is 4.64. The van der Waals surface area contributed by atoms with E-state index in [9.17, 15) is 15.0 Å². The lowest BCUT2D eigenvalue weighted by Gasteiger charge is -2.55. The number of rotatable bonds is 7. The largest absolute Gasteiger partial charge is 0.392 e. The van der Waals surface area contributed by atoms with Crippen LogP contribution in [-0.2, 0) is 4.79 Å². The maximum atomic E-state index is 12.5. The molecule has 3 saturated carbocycles. The first-order valence-electron chi connectivity index (χ1n) is 11.5. The van der Waals surface area contributed by atoms with Crippen molar-refractivity contribution in [3.8, 4) is 11.8 Å². The molecule has 3 fully saturated rings. The van der Waals surface area contributed by atoms with Gasteiger partial charge < -0.3 is 10.2 Å². The lowest BCUT2D eigenvalue weighted by atomic mass is 9.47. The van der Waals surface area contributed by atoms with Gasteiger partial charge in [0, 0.05) is 11.8 Å². The summed E-state index contributed by atoms with van der Waals surface area (Å²) in [6, 6.07) is 0. The van der Waals surface area contributed by atoms with Crippen LogP contribution < -0.4 is 0 Å². The van der Waals surface area contributed by atoms with Gasteiger partial charge in [-0.05, 0) is 37.5 Å². The second-order valence-electron chi connectivity index (χ2n) is 9.38. The molecule has 0 aromatic heterocycles. The number of unbranched alkanes of at least 4 members (excludes halogenated alkanes) is 3. The molecule has 3 rings (SSSR count). The van der Waals surface area contributed by atoms with Crippen molar-refractivity contribution >= 4 is 5.78 Å². The molecule has 27 heavy (non-hydrogen) atoms. The second kappa shape index (κ2) is 9.57. The average molecular weight is 375 g/mol. The Bertz CT molecular complexity index is 554. The van der Waals surface area contributed by atoms with E-state index in [4.69, 9.17) is 0 Å². The molecule has 3 nitrogen and oxygen atoms in total. The lowest BCUT2D eigenvalue weighted by Crippen LogP contribution is -2.58. The highest BCUT2D eigenvalue weighted by Crippen LogP contribution is 2.57. The lowest BCUT2D eigenvalue weighted by molar-refractivity contribution is -0.161. The summed E-state index contributed by atoms with van der Waals surface area (Å²) >= 11 is 0. The molecule has 5 atom stereocenters. The molecule has 0 amide bonds. The van der Waals surface area contributed by atoms with Crippen molar-refractivity contribution in [3.63, 3.8) is 0 Å². The third kappa shape index (κ3) is 4.77. The number of carbonyl (C=O) groups is 1. The van der Waals surface area contributed by atoms with E-state index in [2.05, 4.69) is 18.8 Å². The molecule has 2 N–H and O–H groups in total. The smallest absolute Gasteiger partial charge is 0.139 e. The van der Waals surface area contributed by atoms with Gasteiger partial charge in [-0.3, -0.25) is 4.79 Å². The maximum Gasteiger partial charge on any atom is 0.139 e. The van der Waals surface area contributed by atoms with E-state index in [0.29, 0.717) is 24.5 Å². The van der Waals surface area contributed by atoms with Gasteiger partial charge in [0.2, 0.25) is 0 Å². The van der Waals surface area contributed by atoms with Crippen molar-refractivity contribution in [3.05, 3.63) is 0 Å². The van der Waals surface area contributed by atoms with Crippen molar-refractivity contribution in [2.45, 2.75) is 109 Å². The Kier molecular flexibility index (Phi) is 7.40. The minimum Gasteiger partial charge on any atom is -0.392 e. The fourth-order valence-corrected chi connectivity index (χ4v) is 5.83. The highest BCUT2D eigenvalue weighted by Gasteiger charge is 2.59. The topological polar surface area (TPSA) is 57.5 Å². The fourth-order valence-electron chi connectivity index (χ4n) is 5.83. The molecule has 3 aliphatic rings. The molecule has 0 spiro atoms. The third-order valence-corrected chi connectivity index (χ3v) is 7.58. The van der Waals surface area contributed by atoms with Gasteiger partial charge in [-0.15, -0.1) is 0 Å². The van der Waals surface area contributed by atoms with E-state index < -0.39 is 12.2 Å². The van der Waals surface area contributed by atoms with Crippen molar-refractivity contribution in [2.24, 2.45) is 23.2 Å². The van der Waals surface area contributed by atoms with Crippen LogP contribution in [0.15, 0.2) is 0 Å². The summed E-state index contributed by atoms with van der Waals surface area (Å²) in [6.07, 6.45) is 13.8. The number of aliphatic hydroxyl groups is 2. The van der Waals surface area contributed by atoms with Crippen LogP contribution in [0.25, 0.3) is 0 Å². The summed E-state index contributed by atoms with van der Waals surface area (Å²) in [5, 5.41) is 20.9. The van der Waals surface area contributed by atoms with Gasteiger partial charge in [0.05, 0.1) is 12.0 Å². The van der Waals surface area contributed by atoms with E-state index in [1.807, 2.05) is 0 Å². The van der Waals surface area contributed by atoms with Crippen molar-refractivity contribution in [1.29, 1.82) is 0 Å². The number of carbonyl (C=O) groups excluding carboxylic acids is 1. The van der Waals surface area contributed by atoms with E-state index in [-0.39, 0.29) is 17.3 Å². The SMILES string of the molecule is CCCCCC[C@@]12CC[C@H](O)[C@@H](C#C[C@@H](O)CC3CCCCC3)[C@@H]1CC2=O. The van der Waals surface area contributed by atoms with Crippen LogP contribution in [0, 0.1) is 35.0 Å². The van der Waals surface area contributed by atoms with Gasteiger partial charge in [0.25, 0.3) is 0 Å².